The van der Waals surface area contributed by atoms with Gasteiger partial charge in [0.05, 0.1) is 10.9 Å². The number of aryl methyl sites for hydroxylation is 1. The second-order valence-electron chi connectivity index (χ2n) is 5.77. The summed E-state index contributed by atoms with van der Waals surface area (Å²) in [7, 11) is -3.86. The lowest BCUT2D eigenvalue weighted by molar-refractivity contribution is -0.255. The summed E-state index contributed by atoms with van der Waals surface area (Å²) in [6.07, 6.45) is 0.648. The van der Waals surface area contributed by atoms with Crippen molar-refractivity contribution in [3.63, 3.8) is 0 Å². The Hall–Kier alpha value is -3.31. The van der Waals surface area contributed by atoms with E-state index in [1.807, 2.05) is 6.92 Å². The van der Waals surface area contributed by atoms with Crippen LogP contribution in [-0.4, -0.2) is 30.5 Å². The van der Waals surface area contributed by atoms with Gasteiger partial charge >= 0.3 is 0 Å². The number of carboxylic acids is 1. The van der Waals surface area contributed by atoms with Crippen molar-refractivity contribution >= 4 is 44.1 Å². The van der Waals surface area contributed by atoms with Crippen LogP contribution in [0, 0.1) is 0 Å². The molecule has 0 atom stereocenters. The van der Waals surface area contributed by atoms with Crippen molar-refractivity contribution in [3.8, 4) is 0 Å². The quantitative estimate of drug-likeness (QED) is 0.577. The molecule has 3 rings (SSSR count). The Morgan fingerprint density at radius 2 is 1.69 bits per heavy atom. The van der Waals surface area contributed by atoms with Crippen molar-refractivity contribution in [1.29, 1.82) is 0 Å². The summed E-state index contributed by atoms with van der Waals surface area (Å²) in [5.74, 6) is -2.12. The molecule has 0 spiro atoms. The van der Waals surface area contributed by atoms with Crippen LogP contribution < -0.4 is 15.1 Å². The zero-order valence-electron chi connectivity index (χ0n) is 15.1. The lowest BCUT2D eigenvalue weighted by Crippen LogP contribution is -2.26. The number of benzene rings is 2. The van der Waals surface area contributed by atoms with E-state index in [1.54, 1.807) is 0 Å². The Morgan fingerprint density at radius 3 is 2.28 bits per heavy atom. The molecule has 0 aliphatic rings. The molecule has 9 nitrogen and oxygen atoms in total. The number of aromatic nitrogens is 2. The van der Waals surface area contributed by atoms with Crippen LogP contribution in [0.2, 0.25) is 0 Å². The molecule has 0 aliphatic carbocycles. The van der Waals surface area contributed by atoms with Gasteiger partial charge in [0.15, 0.2) is 0 Å². The molecule has 0 radical (unpaired) electrons. The van der Waals surface area contributed by atoms with Gasteiger partial charge in [-0.15, -0.1) is 10.2 Å². The number of aromatic carboxylic acids is 1. The molecule has 1 heterocycles. The van der Waals surface area contributed by atoms with Crippen LogP contribution in [0.25, 0.3) is 0 Å². The average Bonchev–Trinajstić information content (AvgIpc) is 3.15. The molecular formula is C18H15N4O5S2-. The van der Waals surface area contributed by atoms with Gasteiger partial charge in [-0.05, 0) is 36.8 Å². The van der Waals surface area contributed by atoms with E-state index in [9.17, 15) is 23.1 Å². The van der Waals surface area contributed by atoms with Crippen molar-refractivity contribution in [2.24, 2.45) is 0 Å². The first-order valence-electron chi connectivity index (χ1n) is 8.37. The van der Waals surface area contributed by atoms with Crippen molar-refractivity contribution in [2.75, 3.05) is 10.0 Å². The van der Waals surface area contributed by atoms with Crippen molar-refractivity contribution in [2.45, 2.75) is 18.2 Å². The maximum absolute atomic E-state index is 12.4. The molecule has 29 heavy (non-hydrogen) atoms. The number of rotatable bonds is 7. The summed E-state index contributed by atoms with van der Waals surface area (Å²) in [6, 6.07) is 11.0. The Morgan fingerprint density at radius 1 is 1.03 bits per heavy atom. The summed E-state index contributed by atoms with van der Waals surface area (Å²) >= 11 is 1.14. The van der Waals surface area contributed by atoms with E-state index in [1.165, 1.54) is 48.5 Å². The van der Waals surface area contributed by atoms with E-state index in [2.05, 4.69) is 20.2 Å². The fourth-order valence-corrected chi connectivity index (χ4v) is 4.30. The molecule has 1 aromatic heterocycles. The number of carbonyl (C=O) groups is 2. The monoisotopic (exact) mass is 431 g/mol. The molecule has 150 valence electrons. The van der Waals surface area contributed by atoms with Gasteiger partial charge in [0, 0.05) is 16.8 Å². The van der Waals surface area contributed by atoms with Crippen LogP contribution >= 0.6 is 11.3 Å². The molecule has 0 aliphatic heterocycles. The number of nitrogens with one attached hydrogen (secondary N) is 2. The molecule has 2 N–H and O–H groups in total. The van der Waals surface area contributed by atoms with Crippen LogP contribution in [0.3, 0.4) is 0 Å². The minimum Gasteiger partial charge on any atom is -0.545 e. The predicted octanol–water partition coefficient (Wildman–Crippen LogP) is 1.52. The number of nitrogens with zero attached hydrogens (tertiary/aromatic N) is 2. The molecular weight excluding hydrogens is 416 g/mol. The summed E-state index contributed by atoms with van der Waals surface area (Å²) in [5.41, 5.74) is -0.00273. The second-order valence-corrected chi connectivity index (χ2v) is 8.52. The van der Waals surface area contributed by atoms with Crippen molar-refractivity contribution < 1.29 is 23.1 Å². The third-order valence-corrected chi connectivity index (χ3v) is 6.27. The average molecular weight is 431 g/mol. The van der Waals surface area contributed by atoms with Crippen molar-refractivity contribution in [1.82, 2.24) is 10.2 Å². The van der Waals surface area contributed by atoms with Gasteiger partial charge < -0.3 is 15.2 Å². The third kappa shape index (κ3) is 4.76. The molecule has 0 saturated carbocycles. The van der Waals surface area contributed by atoms with Gasteiger partial charge in [-0.3, -0.25) is 9.52 Å². The largest absolute Gasteiger partial charge is 0.545 e. The standard InChI is InChI=1S/C18H16N4O5S2/c1-2-15-20-21-18(28-15)22-29(26,27)12-9-7-11(8-10-12)19-16(23)13-5-3-4-6-14(13)17(24)25/h3-10H,2H2,1H3,(H,19,23)(H,21,22)(H,24,25)/p-1. The highest BCUT2D eigenvalue weighted by atomic mass is 32.2. The topological polar surface area (TPSA) is 141 Å². The van der Waals surface area contributed by atoms with E-state index < -0.39 is 21.9 Å². The first-order valence-corrected chi connectivity index (χ1v) is 10.7. The minimum absolute atomic E-state index is 0.0288. The summed E-state index contributed by atoms with van der Waals surface area (Å²) in [6.45, 7) is 1.89. The molecule has 0 unspecified atom stereocenters. The number of carboxylic acid groups (broad SMARTS) is 1. The molecule has 2 aromatic carbocycles. The van der Waals surface area contributed by atoms with Gasteiger partial charge in [-0.2, -0.15) is 0 Å². The SMILES string of the molecule is CCc1nnc(NS(=O)(=O)c2ccc(NC(=O)c3ccccc3C(=O)[O-])cc2)s1. The van der Waals surface area contributed by atoms with Gasteiger partial charge in [0.2, 0.25) is 5.13 Å². The lowest BCUT2D eigenvalue weighted by Gasteiger charge is -2.11. The third-order valence-electron chi connectivity index (χ3n) is 3.81. The van der Waals surface area contributed by atoms with E-state index >= 15 is 0 Å². The van der Waals surface area contributed by atoms with E-state index in [-0.39, 0.29) is 21.2 Å². The fraction of sp³-hybridized carbons (Fsp3) is 0.111. The van der Waals surface area contributed by atoms with Gasteiger partial charge in [0.1, 0.15) is 5.01 Å². The zero-order valence-corrected chi connectivity index (χ0v) is 16.7. The molecule has 3 aromatic rings. The molecule has 0 bridgehead atoms. The van der Waals surface area contributed by atoms with Gasteiger partial charge in [0.25, 0.3) is 15.9 Å². The van der Waals surface area contributed by atoms with Crippen LogP contribution in [0.4, 0.5) is 10.8 Å². The van der Waals surface area contributed by atoms with Gasteiger partial charge in [-0.25, -0.2) is 8.42 Å². The van der Waals surface area contributed by atoms with Gasteiger partial charge in [-0.1, -0.05) is 36.5 Å². The lowest BCUT2D eigenvalue weighted by atomic mass is 10.1. The van der Waals surface area contributed by atoms with Crippen LogP contribution in [-0.2, 0) is 16.4 Å². The fourth-order valence-electron chi connectivity index (χ4n) is 2.39. The Bertz CT molecular complexity index is 1160. The number of sulfonamides is 1. The van der Waals surface area contributed by atoms with Crippen LogP contribution in [0.1, 0.15) is 32.6 Å². The highest BCUT2D eigenvalue weighted by Crippen LogP contribution is 2.21. The minimum atomic E-state index is -3.86. The predicted molar refractivity (Wildman–Crippen MR) is 105 cm³/mol. The number of carbonyl (C=O) groups excluding carboxylic acids is 2. The maximum Gasteiger partial charge on any atom is 0.263 e. The highest BCUT2D eigenvalue weighted by Gasteiger charge is 2.17. The number of amides is 1. The normalized spacial score (nSPS) is 11.1. The van der Waals surface area contributed by atoms with Crippen LogP contribution in [0.15, 0.2) is 53.4 Å². The summed E-state index contributed by atoms with van der Waals surface area (Å²) < 4.78 is 27.2. The first kappa shape index (κ1) is 20.4. The van der Waals surface area contributed by atoms with E-state index in [4.69, 9.17) is 0 Å². The maximum atomic E-state index is 12.4. The molecule has 0 saturated heterocycles. The summed E-state index contributed by atoms with van der Waals surface area (Å²) in [4.78, 5) is 23.4. The molecule has 11 heteroatoms. The smallest absolute Gasteiger partial charge is 0.263 e. The van der Waals surface area contributed by atoms with E-state index in [0.717, 1.165) is 11.3 Å². The van der Waals surface area contributed by atoms with Crippen molar-refractivity contribution in [3.05, 3.63) is 64.7 Å². The highest BCUT2D eigenvalue weighted by molar-refractivity contribution is 7.93. The summed E-state index contributed by atoms with van der Waals surface area (Å²) in [5, 5.41) is 22.2. The zero-order chi connectivity index (χ0) is 21.0. The Balaban J connectivity index is 1.74. The molecule has 0 fully saturated rings. The van der Waals surface area contributed by atoms with E-state index in [0.29, 0.717) is 17.1 Å². The Kier molecular flexibility index (Phi) is 5.89. The second kappa shape index (κ2) is 8.37. The Labute approximate surface area is 170 Å². The number of anilines is 2. The number of hydrogen-bond acceptors (Lipinski definition) is 8. The first-order chi connectivity index (χ1) is 13.8. The number of hydrogen-bond donors (Lipinski definition) is 2. The molecule has 1 amide bonds. The van der Waals surface area contributed by atoms with Crippen LogP contribution in [0.5, 0.6) is 0 Å².